The van der Waals surface area contributed by atoms with Crippen LogP contribution in [0.25, 0.3) is 0 Å². The van der Waals surface area contributed by atoms with Crippen LogP contribution in [0.4, 0.5) is 0 Å². The number of hydrogen-bond acceptors (Lipinski definition) is 2. The first-order valence-electron chi connectivity index (χ1n) is 5.12. The van der Waals surface area contributed by atoms with Gasteiger partial charge < -0.3 is 0 Å². The molecule has 1 aromatic rings. The minimum absolute atomic E-state index is 0.130. The third-order valence-electron chi connectivity index (χ3n) is 2.98. The Morgan fingerprint density at radius 2 is 1.93 bits per heavy atom. The van der Waals surface area contributed by atoms with Gasteiger partial charge in [0.1, 0.15) is 5.78 Å². The Bertz CT molecular complexity index is 339. The fraction of sp³-hybridized carbons (Fsp3) is 0.500. The molecule has 0 N–H and O–H groups in total. The Labute approximate surface area is 84.4 Å². The smallest absolute Gasteiger partial charge is 0.145 e. The Morgan fingerprint density at radius 3 is 2.36 bits per heavy atom. The van der Waals surface area contributed by atoms with Crippen molar-refractivity contribution in [1.82, 2.24) is 4.98 Å². The van der Waals surface area contributed by atoms with Crippen molar-refractivity contribution in [3.63, 3.8) is 0 Å². The first-order valence-corrected chi connectivity index (χ1v) is 5.12. The molecule has 0 aliphatic heterocycles. The van der Waals surface area contributed by atoms with Gasteiger partial charge in [0.15, 0.2) is 0 Å². The van der Waals surface area contributed by atoms with Crippen LogP contribution in [0.3, 0.4) is 0 Å². The molecule has 74 valence electrons. The quantitative estimate of drug-likeness (QED) is 0.730. The molecule has 2 nitrogen and oxygen atoms in total. The number of ketones is 1. The number of rotatable bonds is 3. The summed E-state index contributed by atoms with van der Waals surface area (Å²) in [4.78, 5) is 16.0. The molecule has 2 heteroatoms. The molecule has 14 heavy (non-hydrogen) atoms. The monoisotopic (exact) mass is 189 g/mol. The average molecular weight is 189 g/mol. The van der Waals surface area contributed by atoms with Crippen molar-refractivity contribution in [3.8, 4) is 0 Å². The predicted molar refractivity (Wildman–Crippen MR) is 55.0 cm³/mol. The van der Waals surface area contributed by atoms with E-state index in [0.717, 1.165) is 18.4 Å². The van der Waals surface area contributed by atoms with Crippen LogP contribution in [0, 0.1) is 5.92 Å². The maximum Gasteiger partial charge on any atom is 0.145 e. The molecule has 0 unspecified atom stereocenters. The molecule has 0 radical (unpaired) electrons. The summed E-state index contributed by atoms with van der Waals surface area (Å²) in [6.07, 6.45) is 5.55. The zero-order valence-corrected chi connectivity index (χ0v) is 8.66. The van der Waals surface area contributed by atoms with E-state index in [4.69, 9.17) is 0 Å². The SMILES string of the molecule is CC(C)C(=O)C1(c2ccncc2)CC1. The van der Waals surface area contributed by atoms with Gasteiger partial charge in [-0.15, -0.1) is 0 Å². The van der Waals surface area contributed by atoms with Crippen LogP contribution in [0.15, 0.2) is 24.5 Å². The molecule has 0 atom stereocenters. The number of aromatic nitrogens is 1. The van der Waals surface area contributed by atoms with Crippen molar-refractivity contribution in [2.75, 3.05) is 0 Å². The third-order valence-corrected chi connectivity index (χ3v) is 2.98. The number of carbonyl (C=O) groups excluding carboxylic acids is 1. The van der Waals surface area contributed by atoms with Crippen molar-refractivity contribution in [2.45, 2.75) is 32.1 Å². The van der Waals surface area contributed by atoms with E-state index in [2.05, 4.69) is 4.98 Å². The molecule has 1 aliphatic carbocycles. The molecule has 1 heterocycles. The Kier molecular flexibility index (Phi) is 2.14. The highest BCUT2D eigenvalue weighted by Crippen LogP contribution is 2.50. The van der Waals surface area contributed by atoms with E-state index in [1.54, 1.807) is 12.4 Å². The predicted octanol–water partition coefficient (Wildman–Crippen LogP) is 2.34. The van der Waals surface area contributed by atoms with Crippen LogP contribution < -0.4 is 0 Å². The lowest BCUT2D eigenvalue weighted by atomic mass is 9.86. The summed E-state index contributed by atoms with van der Waals surface area (Å²) in [5.41, 5.74) is 0.989. The van der Waals surface area contributed by atoms with Crippen LogP contribution >= 0.6 is 0 Å². The highest BCUT2D eigenvalue weighted by atomic mass is 16.1. The maximum atomic E-state index is 12.0. The Hall–Kier alpha value is -1.18. The lowest BCUT2D eigenvalue weighted by Crippen LogP contribution is -2.25. The fourth-order valence-corrected chi connectivity index (χ4v) is 2.03. The maximum absolute atomic E-state index is 12.0. The summed E-state index contributed by atoms with van der Waals surface area (Å²) < 4.78 is 0. The summed E-state index contributed by atoms with van der Waals surface area (Å²) >= 11 is 0. The minimum atomic E-state index is -0.156. The Balaban J connectivity index is 2.30. The number of Topliss-reactive ketones (excluding diaryl/α,β-unsaturated/α-hetero) is 1. The summed E-state index contributed by atoms with van der Waals surface area (Å²) in [5.74, 6) is 0.509. The average Bonchev–Trinajstić information content (AvgIpc) is 2.99. The lowest BCUT2D eigenvalue weighted by Gasteiger charge is -2.16. The first kappa shape index (κ1) is 9.38. The lowest BCUT2D eigenvalue weighted by molar-refractivity contribution is -0.124. The van der Waals surface area contributed by atoms with Crippen LogP contribution in [-0.2, 0) is 10.2 Å². The van der Waals surface area contributed by atoms with E-state index in [9.17, 15) is 4.79 Å². The van der Waals surface area contributed by atoms with E-state index >= 15 is 0 Å². The number of carbonyl (C=O) groups is 1. The second-order valence-corrected chi connectivity index (χ2v) is 4.34. The van der Waals surface area contributed by atoms with Crippen molar-refractivity contribution in [2.24, 2.45) is 5.92 Å². The topological polar surface area (TPSA) is 30.0 Å². The normalized spacial score (nSPS) is 18.2. The van der Waals surface area contributed by atoms with Gasteiger partial charge in [-0.3, -0.25) is 9.78 Å². The second kappa shape index (κ2) is 3.19. The van der Waals surface area contributed by atoms with E-state index in [0.29, 0.717) is 5.78 Å². The molecule has 1 fully saturated rings. The molecule has 1 saturated carbocycles. The van der Waals surface area contributed by atoms with E-state index in [1.807, 2.05) is 26.0 Å². The number of hydrogen-bond donors (Lipinski definition) is 0. The summed E-state index contributed by atoms with van der Waals surface area (Å²) in [5, 5.41) is 0. The summed E-state index contributed by atoms with van der Waals surface area (Å²) in [6.45, 7) is 3.95. The standard InChI is InChI=1S/C12H15NO/c1-9(2)11(14)12(5-6-12)10-3-7-13-8-4-10/h3-4,7-9H,5-6H2,1-2H3. The third kappa shape index (κ3) is 1.35. The van der Waals surface area contributed by atoms with Gasteiger partial charge in [-0.25, -0.2) is 0 Å². The van der Waals surface area contributed by atoms with Gasteiger partial charge >= 0.3 is 0 Å². The summed E-state index contributed by atoms with van der Waals surface area (Å²) in [7, 11) is 0. The summed E-state index contributed by atoms with van der Waals surface area (Å²) in [6, 6.07) is 3.93. The molecule has 0 aromatic carbocycles. The van der Waals surface area contributed by atoms with Gasteiger partial charge in [0.2, 0.25) is 0 Å². The van der Waals surface area contributed by atoms with Gasteiger partial charge in [-0.2, -0.15) is 0 Å². The number of pyridine rings is 1. The second-order valence-electron chi connectivity index (χ2n) is 4.34. The Morgan fingerprint density at radius 1 is 1.36 bits per heavy atom. The van der Waals surface area contributed by atoms with Crippen molar-refractivity contribution >= 4 is 5.78 Å². The molecular formula is C12H15NO. The largest absolute Gasteiger partial charge is 0.298 e. The highest BCUT2D eigenvalue weighted by molar-refractivity contribution is 5.94. The number of nitrogens with zero attached hydrogens (tertiary/aromatic N) is 1. The molecule has 1 aliphatic rings. The van der Waals surface area contributed by atoms with E-state index in [1.165, 1.54) is 0 Å². The molecular weight excluding hydrogens is 174 g/mol. The molecule has 0 amide bonds. The minimum Gasteiger partial charge on any atom is -0.298 e. The van der Waals surface area contributed by atoms with Gasteiger partial charge in [0, 0.05) is 18.3 Å². The fourth-order valence-electron chi connectivity index (χ4n) is 2.03. The van der Waals surface area contributed by atoms with Gasteiger partial charge in [0.25, 0.3) is 0 Å². The van der Waals surface area contributed by atoms with Crippen LogP contribution in [0.1, 0.15) is 32.3 Å². The zero-order valence-electron chi connectivity index (χ0n) is 8.66. The highest BCUT2D eigenvalue weighted by Gasteiger charge is 2.51. The van der Waals surface area contributed by atoms with Crippen LogP contribution in [-0.4, -0.2) is 10.8 Å². The first-order chi connectivity index (χ1) is 6.67. The van der Waals surface area contributed by atoms with E-state index < -0.39 is 0 Å². The molecule has 0 bridgehead atoms. The van der Waals surface area contributed by atoms with Crippen molar-refractivity contribution in [1.29, 1.82) is 0 Å². The van der Waals surface area contributed by atoms with Crippen molar-refractivity contribution < 1.29 is 4.79 Å². The van der Waals surface area contributed by atoms with Gasteiger partial charge in [-0.05, 0) is 30.5 Å². The molecule has 0 saturated heterocycles. The zero-order chi connectivity index (χ0) is 10.2. The molecule has 0 spiro atoms. The van der Waals surface area contributed by atoms with Gasteiger partial charge in [0.05, 0.1) is 5.41 Å². The molecule has 2 rings (SSSR count). The molecule has 1 aromatic heterocycles. The van der Waals surface area contributed by atoms with E-state index in [-0.39, 0.29) is 11.3 Å². The van der Waals surface area contributed by atoms with Gasteiger partial charge in [-0.1, -0.05) is 13.8 Å². The van der Waals surface area contributed by atoms with Crippen LogP contribution in [0.5, 0.6) is 0 Å². The van der Waals surface area contributed by atoms with Crippen molar-refractivity contribution in [3.05, 3.63) is 30.1 Å². The van der Waals surface area contributed by atoms with Crippen LogP contribution in [0.2, 0.25) is 0 Å².